The first-order valence-electron chi connectivity index (χ1n) is 14.4. The second-order valence-corrected chi connectivity index (χ2v) is 12.4. The van der Waals surface area contributed by atoms with Crippen LogP contribution in [-0.2, 0) is 26.2 Å². The summed E-state index contributed by atoms with van der Waals surface area (Å²) >= 11 is 0. The van der Waals surface area contributed by atoms with Crippen molar-refractivity contribution < 1.29 is 22.7 Å². The number of hydrogen-bond acceptors (Lipinski definition) is 5. The van der Waals surface area contributed by atoms with Crippen LogP contribution >= 0.6 is 0 Å². The molecule has 0 bridgehead atoms. The maximum Gasteiger partial charge on any atom is 0.264 e. The molecule has 0 unspecified atom stereocenters. The lowest BCUT2D eigenvalue weighted by molar-refractivity contribution is -0.140. The lowest BCUT2D eigenvalue weighted by Crippen LogP contribution is -2.52. The number of carbonyl (C=O) groups excluding carboxylic acids is 2. The lowest BCUT2D eigenvalue weighted by atomic mass is 10.1. The topological polar surface area (TPSA) is 96.0 Å². The van der Waals surface area contributed by atoms with Crippen molar-refractivity contribution in [3.63, 3.8) is 0 Å². The number of hydrogen-bond donors (Lipinski definition) is 1. The maximum atomic E-state index is 14.3. The molecule has 3 rings (SSSR count). The fourth-order valence-corrected chi connectivity index (χ4v) is 6.20. The molecule has 3 aromatic carbocycles. The van der Waals surface area contributed by atoms with Gasteiger partial charge < -0.3 is 15.0 Å². The molecule has 0 fully saturated rings. The Kier molecular flexibility index (Phi) is 11.6. The minimum absolute atomic E-state index is 0.0884. The number of benzene rings is 3. The Bertz CT molecular complexity index is 1470. The van der Waals surface area contributed by atoms with Crippen molar-refractivity contribution in [1.82, 2.24) is 10.2 Å². The van der Waals surface area contributed by atoms with E-state index in [-0.39, 0.29) is 17.3 Å². The molecule has 1 N–H and O–H groups in total. The highest BCUT2D eigenvalue weighted by atomic mass is 32.2. The van der Waals surface area contributed by atoms with Crippen LogP contribution in [0, 0.1) is 20.8 Å². The number of anilines is 1. The van der Waals surface area contributed by atoms with Gasteiger partial charge in [-0.2, -0.15) is 0 Å². The van der Waals surface area contributed by atoms with Crippen molar-refractivity contribution in [2.24, 2.45) is 0 Å². The van der Waals surface area contributed by atoms with Crippen LogP contribution in [0.25, 0.3) is 0 Å². The average Bonchev–Trinajstić information content (AvgIpc) is 2.97. The summed E-state index contributed by atoms with van der Waals surface area (Å²) in [6.07, 6.45) is 2.11. The van der Waals surface area contributed by atoms with Gasteiger partial charge in [-0.05, 0) is 80.6 Å². The molecule has 0 heterocycles. The van der Waals surface area contributed by atoms with E-state index in [4.69, 9.17) is 4.74 Å². The molecule has 0 aromatic heterocycles. The fourth-order valence-electron chi connectivity index (χ4n) is 4.73. The highest BCUT2D eigenvalue weighted by molar-refractivity contribution is 7.92. The van der Waals surface area contributed by atoms with Gasteiger partial charge in [0.25, 0.3) is 10.0 Å². The number of nitrogens with one attached hydrogen (secondary N) is 1. The molecule has 2 amide bonds. The van der Waals surface area contributed by atoms with E-state index in [1.165, 1.54) is 9.21 Å². The summed E-state index contributed by atoms with van der Waals surface area (Å²) in [5.41, 5.74) is 3.69. The minimum Gasteiger partial charge on any atom is -0.497 e. The molecule has 0 aliphatic rings. The Balaban J connectivity index is 2.09. The van der Waals surface area contributed by atoms with Crippen LogP contribution in [0.2, 0.25) is 0 Å². The van der Waals surface area contributed by atoms with Crippen LogP contribution in [0.3, 0.4) is 0 Å². The number of nitrogens with zero attached hydrogens (tertiary/aromatic N) is 2. The third-order valence-corrected chi connectivity index (χ3v) is 9.00. The number of methoxy groups -OCH3 is 1. The molecule has 9 heteroatoms. The lowest BCUT2D eigenvalue weighted by Gasteiger charge is -2.33. The van der Waals surface area contributed by atoms with E-state index in [1.54, 1.807) is 43.5 Å². The summed E-state index contributed by atoms with van der Waals surface area (Å²) in [5, 5.41) is 2.95. The van der Waals surface area contributed by atoms with E-state index in [0.717, 1.165) is 29.5 Å². The largest absolute Gasteiger partial charge is 0.497 e. The van der Waals surface area contributed by atoms with Gasteiger partial charge in [0.2, 0.25) is 11.8 Å². The monoisotopic (exact) mass is 593 g/mol. The third kappa shape index (κ3) is 8.12. The molecule has 0 aliphatic carbocycles. The quantitative estimate of drug-likeness (QED) is 0.248. The van der Waals surface area contributed by atoms with E-state index in [9.17, 15) is 18.0 Å². The molecular formula is C33H43N3O5S. The number of unbranched alkanes of at least 4 members (excludes halogenated alkanes) is 1. The Morgan fingerprint density at radius 1 is 0.929 bits per heavy atom. The predicted molar refractivity (Wildman–Crippen MR) is 167 cm³/mol. The number of rotatable bonds is 14. The maximum absolute atomic E-state index is 14.3. The van der Waals surface area contributed by atoms with Crippen molar-refractivity contribution in [3.8, 4) is 5.75 Å². The van der Waals surface area contributed by atoms with Gasteiger partial charge >= 0.3 is 0 Å². The standard InChI is InChI=1S/C33H43N3O5S/c1-7-9-19-34-33(38)30(8-2)35(22-27-11-10-12-28(21-27)41-6)32(37)23-36(31-20-25(4)13-16-26(31)5)42(39,40)29-17-14-24(3)15-18-29/h10-18,20-21,30H,7-9,19,22-23H2,1-6H3,(H,34,38)/t30-/m1/s1. The van der Waals surface area contributed by atoms with Gasteiger partial charge in [0.15, 0.2) is 0 Å². The van der Waals surface area contributed by atoms with Crippen molar-refractivity contribution in [3.05, 3.63) is 89.0 Å². The predicted octanol–water partition coefficient (Wildman–Crippen LogP) is 5.54. The van der Waals surface area contributed by atoms with Crippen molar-refractivity contribution in [1.29, 1.82) is 0 Å². The molecule has 8 nitrogen and oxygen atoms in total. The molecule has 42 heavy (non-hydrogen) atoms. The Labute approximate surface area is 250 Å². The SMILES string of the molecule is CCCCNC(=O)[C@@H](CC)N(Cc1cccc(OC)c1)C(=O)CN(c1cc(C)ccc1C)S(=O)(=O)c1ccc(C)cc1. The summed E-state index contributed by atoms with van der Waals surface area (Å²) in [6.45, 7) is 9.62. The van der Waals surface area contributed by atoms with E-state index >= 15 is 0 Å². The zero-order valence-corrected chi connectivity index (χ0v) is 26.3. The van der Waals surface area contributed by atoms with Gasteiger partial charge in [0, 0.05) is 13.1 Å². The van der Waals surface area contributed by atoms with Gasteiger partial charge in [0.1, 0.15) is 18.3 Å². The normalized spacial score (nSPS) is 12.0. The second-order valence-electron chi connectivity index (χ2n) is 10.6. The summed E-state index contributed by atoms with van der Waals surface area (Å²) in [7, 11) is -2.56. The van der Waals surface area contributed by atoms with Crippen molar-refractivity contribution >= 4 is 27.5 Å². The smallest absolute Gasteiger partial charge is 0.264 e. The van der Waals surface area contributed by atoms with Crippen molar-refractivity contribution in [2.45, 2.75) is 71.4 Å². The van der Waals surface area contributed by atoms with Gasteiger partial charge in [-0.25, -0.2) is 8.42 Å². The Morgan fingerprint density at radius 2 is 1.62 bits per heavy atom. The molecule has 0 saturated carbocycles. The van der Waals surface area contributed by atoms with Crippen LogP contribution in [0.4, 0.5) is 5.69 Å². The number of carbonyl (C=O) groups is 2. The van der Waals surface area contributed by atoms with Crippen LogP contribution in [0.5, 0.6) is 5.75 Å². The van der Waals surface area contributed by atoms with Gasteiger partial charge in [-0.15, -0.1) is 0 Å². The number of aryl methyl sites for hydroxylation is 3. The van der Waals surface area contributed by atoms with Crippen LogP contribution in [0.1, 0.15) is 55.4 Å². The summed E-state index contributed by atoms with van der Waals surface area (Å²) in [4.78, 5) is 29.2. The molecule has 0 aliphatic heterocycles. The summed E-state index contributed by atoms with van der Waals surface area (Å²) in [5.74, 6) is -0.118. The van der Waals surface area contributed by atoms with Crippen LogP contribution in [0.15, 0.2) is 71.6 Å². The van der Waals surface area contributed by atoms with E-state index in [0.29, 0.717) is 30.0 Å². The minimum atomic E-state index is -4.13. The highest BCUT2D eigenvalue weighted by Crippen LogP contribution is 2.29. The second kappa shape index (κ2) is 14.9. The van der Waals surface area contributed by atoms with Crippen LogP contribution in [-0.4, -0.2) is 51.4 Å². The molecule has 1 atom stereocenters. The molecule has 0 saturated heterocycles. The van der Waals surface area contributed by atoms with E-state index in [1.807, 2.05) is 65.0 Å². The average molecular weight is 594 g/mol. The van der Waals surface area contributed by atoms with Gasteiger partial charge in [-0.3, -0.25) is 13.9 Å². The molecule has 0 radical (unpaired) electrons. The molecule has 0 spiro atoms. The first-order valence-corrected chi connectivity index (χ1v) is 15.8. The molecule has 3 aromatic rings. The number of sulfonamides is 1. The summed E-state index contributed by atoms with van der Waals surface area (Å²) in [6, 6.07) is 18.6. The summed E-state index contributed by atoms with van der Waals surface area (Å²) < 4.78 is 34.8. The van der Waals surface area contributed by atoms with E-state index < -0.39 is 28.5 Å². The Hall–Kier alpha value is -3.85. The van der Waals surface area contributed by atoms with E-state index in [2.05, 4.69) is 5.32 Å². The Morgan fingerprint density at radius 3 is 2.26 bits per heavy atom. The third-order valence-electron chi connectivity index (χ3n) is 7.22. The fraction of sp³-hybridized carbons (Fsp3) is 0.394. The zero-order chi connectivity index (χ0) is 30.9. The van der Waals surface area contributed by atoms with Gasteiger partial charge in [-0.1, -0.05) is 62.2 Å². The molecule has 226 valence electrons. The van der Waals surface area contributed by atoms with Crippen LogP contribution < -0.4 is 14.4 Å². The highest BCUT2D eigenvalue weighted by Gasteiger charge is 2.34. The first kappa shape index (κ1) is 32.7. The van der Waals surface area contributed by atoms with Gasteiger partial charge in [0.05, 0.1) is 17.7 Å². The van der Waals surface area contributed by atoms with Crippen molar-refractivity contribution in [2.75, 3.05) is 24.5 Å². The molecular weight excluding hydrogens is 550 g/mol. The zero-order valence-electron chi connectivity index (χ0n) is 25.5. The number of ether oxygens (including phenoxy) is 1. The number of amides is 2. The first-order chi connectivity index (χ1) is 20.0.